The molecule has 0 aliphatic carbocycles. The van der Waals surface area contributed by atoms with Crippen molar-refractivity contribution in [1.29, 1.82) is 0 Å². The van der Waals surface area contributed by atoms with Crippen LogP contribution in [0.15, 0.2) is 54.6 Å². The Morgan fingerprint density at radius 3 is 2.28 bits per heavy atom. The van der Waals surface area contributed by atoms with Crippen molar-refractivity contribution in [3.63, 3.8) is 0 Å². The van der Waals surface area contributed by atoms with Crippen LogP contribution in [0, 0.1) is 0 Å². The summed E-state index contributed by atoms with van der Waals surface area (Å²) in [5, 5.41) is 2.68. The van der Waals surface area contributed by atoms with Crippen molar-refractivity contribution in [1.82, 2.24) is 4.90 Å². The number of benzene rings is 2. The number of nitrogens with zero attached hydrogens (tertiary/aromatic N) is 1. The monoisotopic (exact) mass is 352 g/mol. The number of anilines is 1. The van der Waals surface area contributed by atoms with Crippen molar-refractivity contribution in [2.75, 3.05) is 12.4 Å². The second-order valence-electron chi connectivity index (χ2n) is 5.64. The number of hydrogen-bond donors (Lipinski definition) is 1. The second kappa shape index (κ2) is 8.02. The zero-order chi connectivity index (χ0) is 18.4. The summed E-state index contributed by atoms with van der Waals surface area (Å²) < 4.78 is 40.2. The molecule has 0 saturated heterocycles. The average Bonchev–Trinajstić information content (AvgIpc) is 2.55. The molecule has 1 unspecified atom stereocenters. The predicted molar refractivity (Wildman–Crippen MR) is 89.1 cm³/mol. The first-order valence-corrected chi connectivity index (χ1v) is 7.65. The Kier molecular flexibility index (Phi) is 6.03. The normalized spacial score (nSPS) is 12.7. The first-order chi connectivity index (χ1) is 11.7. The summed E-state index contributed by atoms with van der Waals surface area (Å²) in [5.74, 6) is -0.581. The standard InChI is InChI=1S/C18H19F3N2O2/c1-13(23(2)12-14-6-4-3-5-7-14)17(24)22-15-8-10-16(11-9-15)25-18(19,20)21/h3-11,13H,12H2,1-2H3,(H,22,24). The molecule has 2 aromatic carbocycles. The van der Waals surface area contributed by atoms with Gasteiger partial charge in [-0.2, -0.15) is 0 Å². The highest BCUT2D eigenvalue weighted by Gasteiger charge is 2.31. The third-order valence-corrected chi connectivity index (χ3v) is 3.67. The van der Waals surface area contributed by atoms with Gasteiger partial charge in [0.15, 0.2) is 0 Å². The Hall–Kier alpha value is -2.54. The lowest BCUT2D eigenvalue weighted by Crippen LogP contribution is -2.39. The van der Waals surface area contributed by atoms with Gasteiger partial charge in [0.05, 0.1) is 6.04 Å². The van der Waals surface area contributed by atoms with Crippen LogP contribution in [0.1, 0.15) is 12.5 Å². The van der Waals surface area contributed by atoms with Crippen molar-refractivity contribution >= 4 is 11.6 Å². The summed E-state index contributed by atoms with van der Waals surface area (Å²) in [4.78, 5) is 14.2. The Morgan fingerprint density at radius 1 is 1.12 bits per heavy atom. The molecule has 2 aromatic rings. The van der Waals surface area contributed by atoms with Gasteiger partial charge in [0, 0.05) is 12.2 Å². The summed E-state index contributed by atoms with van der Waals surface area (Å²) >= 11 is 0. The van der Waals surface area contributed by atoms with Gasteiger partial charge in [0.25, 0.3) is 0 Å². The third-order valence-electron chi connectivity index (χ3n) is 3.67. The van der Waals surface area contributed by atoms with E-state index in [0.29, 0.717) is 12.2 Å². The smallest absolute Gasteiger partial charge is 0.406 e. The lowest BCUT2D eigenvalue weighted by Gasteiger charge is -2.24. The molecule has 2 rings (SSSR count). The maximum Gasteiger partial charge on any atom is 0.573 e. The van der Waals surface area contributed by atoms with E-state index in [2.05, 4.69) is 10.1 Å². The summed E-state index contributed by atoms with van der Waals surface area (Å²) in [5.41, 5.74) is 1.48. The molecule has 1 N–H and O–H groups in total. The number of ether oxygens (including phenoxy) is 1. The molecule has 0 fully saturated rings. The third kappa shape index (κ3) is 6.11. The van der Waals surface area contributed by atoms with Gasteiger partial charge in [-0.05, 0) is 43.8 Å². The summed E-state index contributed by atoms with van der Waals surface area (Å²) in [7, 11) is 1.83. The van der Waals surface area contributed by atoms with Gasteiger partial charge in [-0.25, -0.2) is 0 Å². The Labute approximate surface area is 144 Å². The first kappa shape index (κ1) is 18.8. The zero-order valence-corrected chi connectivity index (χ0v) is 13.9. The van der Waals surface area contributed by atoms with E-state index in [1.54, 1.807) is 6.92 Å². The maximum absolute atomic E-state index is 12.3. The molecule has 25 heavy (non-hydrogen) atoms. The minimum absolute atomic E-state index is 0.247. The van der Waals surface area contributed by atoms with Crippen molar-refractivity contribution in [3.05, 3.63) is 60.2 Å². The first-order valence-electron chi connectivity index (χ1n) is 7.65. The molecule has 0 radical (unpaired) electrons. The maximum atomic E-state index is 12.3. The summed E-state index contributed by atoms with van der Waals surface area (Å²) in [6, 6.07) is 14.4. The molecule has 4 nitrogen and oxygen atoms in total. The van der Waals surface area contributed by atoms with Crippen LogP contribution in [0.25, 0.3) is 0 Å². The number of likely N-dealkylation sites (N-methyl/N-ethyl adjacent to an activating group) is 1. The molecule has 1 amide bonds. The molecule has 0 heterocycles. The van der Waals surface area contributed by atoms with E-state index in [0.717, 1.165) is 17.7 Å². The highest BCUT2D eigenvalue weighted by molar-refractivity contribution is 5.94. The second-order valence-corrected chi connectivity index (χ2v) is 5.64. The SMILES string of the molecule is CC(C(=O)Nc1ccc(OC(F)(F)F)cc1)N(C)Cc1ccccc1. The molecule has 0 aliphatic heterocycles. The van der Waals surface area contributed by atoms with Crippen molar-refractivity contribution < 1.29 is 22.7 Å². The minimum Gasteiger partial charge on any atom is -0.406 e. The van der Waals surface area contributed by atoms with Gasteiger partial charge in [-0.1, -0.05) is 30.3 Å². The number of alkyl halides is 3. The van der Waals surface area contributed by atoms with Crippen LogP contribution in [0.4, 0.5) is 18.9 Å². The molecule has 134 valence electrons. The minimum atomic E-state index is -4.74. The largest absolute Gasteiger partial charge is 0.573 e. The lowest BCUT2D eigenvalue weighted by molar-refractivity contribution is -0.274. The molecule has 1 atom stereocenters. The Balaban J connectivity index is 1.92. The molecule has 0 aromatic heterocycles. The predicted octanol–water partition coefficient (Wildman–Crippen LogP) is 4.04. The van der Waals surface area contributed by atoms with E-state index in [1.165, 1.54) is 12.1 Å². The van der Waals surface area contributed by atoms with E-state index < -0.39 is 12.4 Å². The van der Waals surface area contributed by atoms with Crippen LogP contribution in [0.5, 0.6) is 5.75 Å². The van der Waals surface area contributed by atoms with Gasteiger partial charge in [-0.15, -0.1) is 13.2 Å². The van der Waals surface area contributed by atoms with E-state index in [1.807, 2.05) is 42.3 Å². The fraction of sp³-hybridized carbons (Fsp3) is 0.278. The van der Waals surface area contributed by atoms with Gasteiger partial charge < -0.3 is 10.1 Å². The molecule has 0 bridgehead atoms. The van der Waals surface area contributed by atoms with E-state index in [9.17, 15) is 18.0 Å². The van der Waals surface area contributed by atoms with Gasteiger partial charge in [-0.3, -0.25) is 9.69 Å². The number of nitrogens with one attached hydrogen (secondary N) is 1. The van der Waals surface area contributed by atoms with Crippen LogP contribution in [0.3, 0.4) is 0 Å². The highest BCUT2D eigenvalue weighted by atomic mass is 19.4. The highest BCUT2D eigenvalue weighted by Crippen LogP contribution is 2.24. The number of halogens is 3. The molecule has 7 heteroatoms. The van der Waals surface area contributed by atoms with E-state index >= 15 is 0 Å². The average molecular weight is 352 g/mol. The fourth-order valence-corrected chi connectivity index (χ4v) is 2.20. The number of hydrogen-bond acceptors (Lipinski definition) is 3. The summed E-state index contributed by atoms with van der Waals surface area (Å²) in [6.07, 6.45) is -4.74. The topological polar surface area (TPSA) is 41.6 Å². The zero-order valence-electron chi connectivity index (χ0n) is 13.9. The number of rotatable bonds is 6. The Bertz CT molecular complexity index is 688. The van der Waals surface area contributed by atoms with Crippen molar-refractivity contribution in [2.24, 2.45) is 0 Å². The van der Waals surface area contributed by atoms with E-state index in [-0.39, 0.29) is 11.7 Å². The van der Waals surface area contributed by atoms with Crippen LogP contribution in [0.2, 0.25) is 0 Å². The van der Waals surface area contributed by atoms with Gasteiger partial charge in [0.2, 0.25) is 5.91 Å². The fourth-order valence-electron chi connectivity index (χ4n) is 2.20. The molecule has 0 aliphatic rings. The van der Waals surface area contributed by atoms with Gasteiger partial charge in [0.1, 0.15) is 5.75 Å². The van der Waals surface area contributed by atoms with Crippen LogP contribution >= 0.6 is 0 Å². The van der Waals surface area contributed by atoms with E-state index in [4.69, 9.17) is 0 Å². The Morgan fingerprint density at radius 2 is 1.72 bits per heavy atom. The molecule has 0 spiro atoms. The quantitative estimate of drug-likeness (QED) is 0.853. The number of carbonyl (C=O) groups excluding carboxylic acids is 1. The molecular weight excluding hydrogens is 333 g/mol. The van der Waals surface area contributed by atoms with Gasteiger partial charge >= 0.3 is 6.36 Å². The number of carbonyl (C=O) groups is 1. The number of amides is 1. The van der Waals surface area contributed by atoms with Crippen molar-refractivity contribution in [2.45, 2.75) is 25.9 Å². The van der Waals surface area contributed by atoms with Crippen LogP contribution in [-0.2, 0) is 11.3 Å². The molecule has 0 saturated carbocycles. The molecular formula is C18H19F3N2O2. The van der Waals surface area contributed by atoms with Crippen LogP contribution in [-0.4, -0.2) is 30.3 Å². The van der Waals surface area contributed by atoms with Crippen molar-refractivity contribution in [3.8, 4) is 5.75 Å². The lowest BCUT2D eigenvalue weighted by atomic mass is 10.2. The van der Waals surface area contributed by atoms with Crippen LogP contribution < -0.4 is 10.1 Å². The summed E-state index contributed by atoms with van der Waals surface area (Å²) in [6.45, 7) is 2.37.